The molecule has 0 saturated carbocycles. The summed E-state index contributed by atoms with van der Waals surface area (Å²) in [6.45, 7) is 5.81. The first-order valence-electron chi connectivity index (χ1n) is 6.01. The minimum Gasteiger partial charge on any atom is -0.352 e. The Morgan fingerprint density at radius 3 is 2.33 bits per heavy atom. The second-order valence-corrected chi connectivity index (χ2v) is 4.62. The van der Waals surface area contributed by atoms with Crippen LogP contribution in [0.5, 0.6) is 0 Å². The standard InChI is InChI=1S/C13H20N2/c1-11-4-6-12(7-5-11)13(10-14)15-8-2-3-9-15/h4-7,13H,2-3,8-10,14H2,1H3/p+2/t13-/m1/s1. The average Bonchev–Trinajstić information content (AvgIpc) is 2.75. The summed E-state index contributed by atoms with van der Waals surface area (Å²) in [5.74, 6) is 0. The molecule has 1 atom stereocenters. The molecule has 15 heavy (non-hydrogen) atoms. The van der Waals surface area contributed by atoms with E-state index in [-0.39, 0.29) is 0 Å². The van der Waals surface area contributed by atoms with Crippen LogP contribution in [0.25, 0.3) is 0 Å². The molecule has 1 saturated heterocycles. The van der Waals surface area contributed by atoms with E-state index < -0.39 is 0 Å². The van der Waals surface area contributed by atoms with E-state index >= 15 is 0 Å². The van der Waals surface area contributed by atoms with Crippen LogP contribution in [0.15, 0.2) is 24.3 Å². The van der Waals surface area contributed by atoms with E-state index in [2.05, 4.69) is 36.9 Å². The topological polar surface area (TPSA) is 32.1 Å². The molecule has 0 aromatic heterocycles. The Morgan fingerprint density at radius 1 is 1.20 bits per heavy atom. The average molecular weight is 206 g/mol. The monoisotopic (exact) mass is 206 g/mol. The lowest BCUT2D eigenvalue weighted by molar-refractivity contribution is -0.926. The molecule has 1 aliphatic heterocycles. The molecule has 1 fully saturated rings. The highest BCUT2D eigenvalue weighted by molar-refractivity contribution is 5.23. The van der Waals surface area contributed by atoms with Crippen molar-refractivity contribution < 1.29 is 10.6 Å². The highest BCUT2D eigenvalue weighted by atomic mass is 15.2. The molecular formula is C13H22N2+2. The summed E-state index contributed by atoms with van der Waals surface area (Å²) in [5.41, 5.74) is 6.92. The van der Waals surface area contributed by atoms with Crippen molar-refractivity contribution in [3.05, 3.63) is 35.4 Å². The first-order chi connectivity index (χ1) is 7.31. The third kappa shape index (κ3) is 2.39. The number of likely N-dealkylation sites (tertiary alicyclic amines) is 1. The second kappa shape index (κ2) is 4.77. The number of quaternary nitrogens is 2. The van der Waals surface area contributed by atoms with Gasteiger partial charge in [0.2, 0.25) is 0 Å². The van der Waals surface area contributed by atoms with Gasteiger partial charge in [0, 0.05) is 18.4 Å². The lowest BCUT2D eigenvalue weighted by Gasteiger charge is -2.22. The zero-order chi connectivity index (χ0) is 10.7. The smallest absolute Gasteiger partial charge is 0.162 e. The van der Waals surface area contributed by atoms with Gasteiger partial charge >= 0.3 is 0 Å². The van der Waals surface area contributed by atoms with Gasteiger partial charge < -0.3 is 10.6 Å². The molecule has 1 heterocycles. The molecule has 0 aliphatic carbocycles. The third-order valence-corrected chi connectivity index (χ3v) is 3.51. The van der Waals surface area contributed by atoms with Crippen molar-refractivity contribution in [1.82, 2.24) is 0 Å². The van der Waals surface area contributed by atoms with Crippen LogP contribution in [-0.2, 0) is 0 Å². The largest absolute Gasteiger partial charge is 0.352 e. The number of hydrogen-bond donors (Lipinski definition) is 2. The van der Waals surface area contributed by atoms with Gasteiger partial charge in [-0.05, 0) is 6.92 Å². The van der Waals surface area contributed by atoms with Gasteiger partial charge in [-0.25, -0.2) is 0 Å². The maximum Gasteiger partial charge on any atom is 0.162 e. The summed E-state index contributed by atoms with van der Waals surface area (Å²) in [7, 11) is 0. The van der Waals surface area contributed by atoms with Gasteiger partial charge in [0.15, 0.2) is 6.04 Å². The summed E-state index contributed by atoms with van der Waals surface area (Å²) >= 11 is 0. The van der Waals surface area contributed by atoms with E-state index in [0.29, 0.717) is 6.04 Å². The molecule has 0 bridgehead atoms. The van der Waals surface area contributed by atoms with Crippen LogP contribution < -0.4 is 10.6 Å². The normalized spacial score (nSPS) is 19.3. The van der Waals surface area contributed by atoms with Crippen LogP contribution >= 0.6 is 0 Å². The first-order valence-corrected chi connectivity index (χ1v) is 6.01. The number of hydrogen-bond acceptors (Lipinski definition) is 0. The van der Waals surface area contributed by atoms with Crippen molar-refractivity contribution >= 4 is 0 Å². The van der Waals surface area contributed by atoms with Crippen LogP contribution in [0.3, 0.4) is 0 Å². The molecule has 2 rings (SSSR count). The summed E-state index contributed by atoms with van der Waals surface area (Å²) in [5, 5.41) is 0. The second-order valence-electron chi connectivity index (χ2n) is 4.62. The highest BCUT2D eigenvalue weighted by Crippen LogP contribution is 2.11. The van der Waals surface area contributed by atoms with Crippen LogP contribution in [-0.4, -0.2) is 19.6 Å². The molecule has 2 heteroatoms. The first kappa shape index (κ1) is 10.7. The molecule has 82 valence electrons. The Hall–Kier alpha value is -0.860. The zero-order valence-corrected chi connectivity index (χ0v) is 9.63. The van der Waals surface area contributed by atoms with Crippen molar-refractivity contribution in [2.75, 3.05) is 19.6 Å². The Bertz CT molecular complexity index is 299. The molecule has 0 radical (unpaired) electrons. The zero-order valence-electron chi connectivity index (χ0n) is 9.63. The Labute approximate surface area is 92.1 Å². The van der Waals surface area contributed by atoms with E-state index in [9.17, 15) is 0 Å². The van der Waals surface area contributed by atoms with Crippen molar-refractivity contribution in [3.8, 4) is 0 Å². The number of benzene rings is 1. The quantitative estimate of drug-likeness (QED) is 0.695. The fraction of sp³-hybridized carbons (Fsp3) is 0.538. The van der Waals surface area contributed by atoms with Crippen molar-refractivity contribution in [1.29, 1.82) is 0 Å². The molecule has 1 aromatic carbocycles. The maximum atomic E-state index is 4.11. The molecular weight excluding hydrogens is 184 g/mol. The van der Waals surface area contributed by atoms with E-state index in [1.54, 1.807) is 4.90 Å². The lowest BCUT2D eigenvalue weighted by atomic mass is 10.0. The molecule has 0 spiro atoms. The van der Waals surface area contributed by atoms with Crippen LogP contribution in [0.4, 0.5) is 0 Å². The molecule has 0 amide bonds. The minimum absolute atomic E-state index is 0.619. The van der Waals surface area contributed by atoms with Crippen molar-refractivity contribution in [3.63, 3.8) is 0 Å². The number of aryl methyl sites for hydroxylation is 1. The van der Waals surface area contributed by atoms with Crippen LogP contribution in [0.1, 0.15) is 30.0 Å². The van der Waals surface area contributed by atoms with Gasteiger partial charge in [-0.2, -0.15) is 0 Å². The van der Waals surface area contributed by atoms with Crippen LogP contribution in [0, 0.1) is 6.92 Å². The fourth-order valence-corrected chi connectivity index (χ4v) is 2.58. The molecule has 2 nitrogen and oxygen atoms in total. The number of nitrogens with one attached hydrogen (secondary N) is 1. The van der Waals surface area contributed by atoms with Crippen molar-refractivity contribution in [2.24, 2.45) is 0 Å². The Kier molecular flexibility index (Phi) is 3.39. The van der Waals surface area contributed by atoms with E-state index in [1.807, 2.05) is 0 Å². The van der Waals surface area contributed by atoms with Gasteiger partial charge in [-0.3, -0.25) is 0 Å². The Balaban J connectivity index is 2.14. The molecule has 1 aliphatic rings. The third-order valence-electron chi connectivity index (χ3n) is 3.51. The van der Waals surface area contributed by atoms with E-state index in [1.165, 1.54) is 37.1 Å². The fourth-order valence-electron chi connectivity index (χ4n) is 2.58. The maximum absolute atomic E-state index is 4.11. The summed E-state index contributed by atoms with van der Waals surface area (Å²) < 4.78 is 0. The summed E-state index contributed by atoms with van der Waals surface area (Å²) in [6, 6.07) is 9.60. The minimum atomic E-state index is 0.619. The molecule has 0 unspecified atom stereocenters. The van der Waals surface area contributed by atoms with Gasteiger partial charge in [0.25, 0.3) is 0 Å². The van der Waals surface area contributed by atoms with Crippen molar-refractivity contribution in [2.45, 2.75) is 25.8 Å². The van der Waals surface area contributed by atoms with Gasteiger partial charge in [0.1, 0.15) is 6.54 Å². The van der Waals surface area contributed by atoms with Gasteiger partial charge in [-0.1, -0.05) is 29.8 Å². The SMILES string of the molecule is Cc1ccc([C@@H](C[NH3+])[NH+]2CCCC2)cc1. The van der Waals surface area contributed by atoms with Gasteiger partial charge in [-0.15, -0.1) is 0 Å². The summed E-state index contributed by atoms with van der Waals surface area (Å²) in [4.78, 5) is 1.73. The molecule has 4 N–H and O–H groups in total. The number of rotatable bonds is 3. The van der Waals surface area contributed by atoms with E-state index in [4.69, 9.17) is 0 Å². The summed E-state index contributed by atoms with van der Waals surface area (Å²) in [6.07, 6.45) is 2.77. The lowest BCUT2D eigenvalue weighted by Crippen LogP contribution is -3.11. The molecule has 1 aromatic rings. The van der Waals surface area contributed by atoms with Gasteiger partial charge in [0.05, 0.1) is 13.1 Å². The Morgan fingerprint density at radius 2 is 1.80 bits per heavy atom. The highest BCUT2D eigenvalue weighted by Gasteiger charge is 2.27. The predicted octanol–water partition coefficient (Wildman–Crippen LogP) is -0.0433. The van der Waals surface area contributed by atoms with E-state index in [0.717, 1.165) is 6.54 Å². The van der Waals surface area contributed by atoms with Crippen LogP contribution in [0.2, 0.25) is 0 Å². The predicted molar refractivity (Wildman–Crippen MR) is 61.6 cm³/mol.